The minimum absolute atomic E-state index is 0.101. The molecule has 0 aliphatic heterocycles. The molecule has 0 radical (unpaired) electrons. The van der Waals surface area contributed by atoms with E-state index in [0.717, 1.165) is 14.6 Å². The predicted molar refractivity (Wildman–Crippen MR) is 114 cm³/mol. The first-order valence-corrected chi connectivity index (χ1v) is 12.7. The molecule has 1 N–H and O–H groups in total. The Morgan fingerprint density at radius 2 is 1.92 bits per heavy atom. The topological polar surface area (TPSA) is 60.2 Å². The van der Waals surface area contributed by atoms with Crippen molar-refractivity contribution in [2.45, 2.75) is 64.4 Å². The van der Waals surface area contributed by atoms with Gasteiger partial charge in [0.05, 0.1) is 23.0 Å². The summed E-state index contributed by atoms with van der Waals surface area (Å²) in [5, 5.41) is 16.9. The van der Waals surface area contributed by atoms with Crippen molar-refractivity contribution < 1.29 is 9.53 Å². The van der Waals surface area contributed by atoms with Crippen molar-refractivity contribution in [1.29, 1.82) is 0 Å². The molecule has 25 heavy (non-hydrogen) atoms. The lowest BCUT2D eigenvalue weighted by Crippen LogP contribution is -2.48. The maximum atomic E-state index is 10.9. The third kappa shape index (κ3) is 4.21. The van der Waals surface area contributed by atoms with Gasteiger partial charge in [0.2, 0.25) is 0 Å². The largest absolute Gasteiger partial charge is 0.414 e. The third-order valence-electron chi connectivity index (χ3n) is 5.26. The van der Waals surface area contributed by atoms with Crippen molar-refractivity contribution in [3.8, 4) is 0 Å². The zero-order chi connectivity index (χ0) is 19.2. The van der Waals surface area contributed by atoms with Crippen LogP contribution in [0.25, 0.3) is 10.9 Å². The van der Waals surface area contributed by atoms with Gasteiger partial charge in [-0.25, -0.2) is 4.98 Å². The van der Waals surface area contributed by atoms with Crippen LogP contribution in [0.4, 0.5) is 0 Å². The van der Waals surface area contributed by atoms with Crippen molar-refractivity contribution >= 4 is 53.4 Å². The second kappa shape index (κ2) is 7.07. The summed E-state index contributed by atoms with van der Waals surface area (Å²) in [7, 11) is -1.93. The van der Waals surface area contributed by atoms with Crippen molar-refractivity contribution in [1.82, 2.24) is 14.8 Å². The Morgan fingerprint density at radius 1 is 1.32 bits per heavy atom. The van der Waals surface area contributed by atoms with E-state index in [1.807, 2.05) is 18.5 Å². The SMILES string of the molecule is CC(C)(C(O)CO[Si](C)(C)C(C)(C)C)n1nc(I)c2cnc(Cl)cc21. The Bertz CT molecular complexity index is 771. The lowest BCUT2D eigenvalue weighted by Gasteiger charge is -2.39. The van der Waals surface area contributed by atoms with Crippen LogP contribution in [0.3, 0.4) is 0 Å². The van der Waals surface area contributed by atoms with E-state index in [9.17, 15) is 5.11 Å². The molecule has 0 aromatic carbocycles. The van der Waals surface area contributed by atoms with Crippen LogP contribution in [0.5, 0.6) is 0 Å². The van der Waals surface area contributed by atoms with Gasteiger partial charge in [0.25, 0.3) is 0 Å². The Labute approximate surface area is 169 Å². The monoisotopic (exact) mass is 495 g/mol. The highest BCUT2D eigenvalue weighted by atomic mass is 127. The fourth-order valence-electron chi connectivity index (χ4n) is 2.24. The van der Waals surface area contributed by atoms with E-state index in [1.165, 1.54) is 0 Å². The van der Waals surface area contributed by atoms with Gasteiger partial charge in [0, 0.05) is 12.3 Å². The van der Waals surface area contributed by atoms with Crippen molar-refractivity contribution in [2.75, 3.05) is 6.61 Å². The average Bonchev–Trinajstić information content (AvgIpc) is 2.80. The van der Waals surface area contributed by atoms with Gasteiger partial charge >= 0.3 is 0 Å². The molecule has 0 aliphatic rings. The normalized spacial score (nSPS) is 15.0. The highest BCUT2D eigenvalue weighted by Crippen LogP contribution is 2.37. The van der Waals surface area contributed by atoms with Gasteiger partial charge in [-0.3, -0.25) is 4.68 Å². The lowest BCUT2D eigenvalue weighted by atomic mass is 9.98. The number of fused-ring (bicyclic) bond motifs is 1. The van der Waals surface area contributed by atoms with E-state index < -0.39 is 20.0 Å². The molecule has 0 bridgehead atoms. The molecule has 8 heteroatoms. The van der Waals surface area contributed by atoms with Gasteiger partial charge in [-0.2, -0.15) is 5.10 Å². The van der Waals surface area contributed by atoms with E-state index in [0.29, 0.717) is 5.15 Å². The molecule has 140 valence electrons. The Morgan fingerprint density at radius 3 is 2.48 bits per heavy atom. The van der Waals surface area contributed by atoms with Gasteiger partial charge < -0.3 is 9.53 Å². The molecule has 0 saturated heterocycles. The first-order chi connectivity index (χ1) is 11.3. The second-order valence-electron chi connectivity index (χ2n) is 8.47. The van der Waals surface area contributed by atoms with Crippen molar-refractivity contribution in [3.63, 3.8) is 0 Å². The van der Waals surface area contributed by atoms with Crippen LogP contribution in [0.2, 0.25) is 23.3 Å². The summed E-state index contributed by atoms with van der Waals surface area (Å²) in [5.41, 5.74) is 0.218. The molecule has 0 aliphatic carbocycles. The fourth-order valence-corrected chi connectivity index (χ4v) is 4.03. The van der Waals surface area contributed by atoms with Crippen LogP contribution in [0, 0.1) is 3.70 Å². The molecule has 1 atom stereocenters. The molecule has 2 aromatic rings. The van der Waals surface area contributed by atoms with Gasteiger partial charge in [0.1, 0.15) is 15.0 Å². The molecule has 1 unspecified atom stereocenters. The van der Waals surface area contributed by atoms with Crippen LogP contribution < -0.4 is 0 Å². The summed E-state index contributed by atoms with van der Waals surface area (Å²) in [4.78, 5) is 4.13. The third-order valence-corrected chi connectivity index (χ3v) is 10.8. The summed E-state index contributed by atoms with van der Waals surface area (Å²) >= 11 is 8.24. The minimum Gasteiger partial charge on any atom is -0.414 e. The van der Waals surface area contributed by atoms with E-state index in [4.69, 9.17) is 16.0 Å². The van der Waals surface area contributed by atoms with Gasteiger partial charge in [-0.1, -0.05) is 32.4 Å². The molecular formula is C17H27ClIN3O2Si. The highest BCUT2D eigenvalue weighted by Gasteiger charge is 2.40. The van der Waals surface area contributed by atoms with E-state index in [-0.39, 0.29) is 11.6 Å². The van der Waals surface area contributed by atoms with Crippen LogP contribution in [0.15, 0.2) is 12.3 Å². The molecule has 2 rings (SSSR count). The number of nitrogens with zero attached hydrogens (tertiary/aromatic N) is 3. The smallest absolute Gasteiger partial charge is 0.192 e. The highest BCUT2D eigenvalue weighted by molar-refractivity contribution is 14.1. The Balaban J connectivity index is 2.31. The first-order valence-electron chi connectivity index (χ1n) is 8.29. The molecule has 0 amide bonds. The summed E-state index contributed by atoms with van der Waals surface area (Å²) in [5.74, 6) is 0. The number of pyridine rings is 1. The molecule has 0 spiro atoms. The number of aliphatic hydroxyl groups is 1. The van der Waals surface area contributed by atoms with Crippen LogP contribution >= 0.6 is 34.2 Å². The standard InChI is InChI=1S/C17H27ClIN3O2Si/c1-16(2,3)25(6,7)24-10-13(23)17(4,5)22-12-8-14(18)20-9-11(12)15(19)21-22/h8-9,13,23H,10H2,1-7H3. The quantitative estimate of drug-likeness (QED) is 0.367. The molecule has 0 saturated carbocycles. The number of halogens is 2. The van der Waals surface area contributed by atoms with Gasteiger partial charge in [-0.05, 0) is 54.6 Å². The van der Waals surface area contributed by atoms with Crippen molar-refractivity contribution in [2.24, 2.45) is 0 Å². The van der Waals surface area contributed by atoms with Crippen LogP contribution in [0.1, 0.15) is 34.6 Å². The van der Waals surface area contributed by atoms with Gasteiger partial charge in [-0.15, -0.1) is 0 Å². The number of hydrogen-bond donors (Lipinski definition) is 1. The maximum Gasteiger partial charge on any atom is 0.192 e. The number of aliphatic hydroxyl groups excluding tert-OH is 1. The maximum absolute atomic E-state index is 10.9. The van der Waals surface area contributed by atoms with Gasteiger partial charge in [0.15, 0.2) is 8.32 Å². The Hall–Kier alpha value is -0.223. The summed E-state index contributed by atoms with van der Waals surface area (Å²) in [6.07, 6.45) is 1.02. The zero-order valence-corrected chi connectivity index (χ0v) is 19.8. The lowest BCUT2D eigenvalue weighted by molar-refractivity contribution is 0.0103. The minimum atomic E-state index is -1.93. The first kappa shape index (κ1) is 21.1. The summed E-state index contributed by atoms with van der Waals surface area (Å²) in [6.45, 7) is 15.1. The number of hydrogen-bond acceptors (Lipinski definition) is 4. The zero-order valence-electron chi connectivity index (χ0n) is 15.9. The molecule has 0 fully saturated rings. The van der Waals surface area contributed by atoms with E-state index in [1.54, 1.807) is 12.3 Å². The van der Waals surface area contributed by atoms with Crippen LogP contribution in [-0.4, -0.2) is 40.9 Å². The van der Waals surface area contributed by atoms with E-state index in [2.05, 4.69) is 66.5 Å². The number of rotatable bonds is 5. The van der Waals surface area contributed by atoms with Crippen molar-refractivity contribution in [3.05, 3.63) is 21.1 Å². The predicted octanol–water partition coefficient (Wildman–Crippen LogP) is 4.81. The Kier molecular flexibility index (Phi) is 5.96. The second-order valence-corrected chi connectivity index (χ2v) is 14.7. The molecule has 2 heterocycles. The number of aromatic nitrogens is 3. The summed E-state index contributed by atoms with van der Waals surface area (Å²) in [6, 6.07) is 1.79. The molecular weight excluding hydrogens is 469 g/mol. The van der Waals surface area contributed by atoms with Crippen LogP contribution in [-0.2, 0) is 9.96 Å². The molecule has 5 nitrogen and oxygen atoms in total. The average molecular weight is 496 g/mol. The summed E-state index contributed by atoms with van der Waals surface area (Å²) < 4.78 is 8.88. The fraction of sp³-hybridized carbons (Fsp3) is 0.647. The van der Waals surface area contributed by atoms with E-state index >= 15 is 0 Å². The molecule has 2 aromatic heterocycles.